The number of nitrogens with one attached hydrogen (secondary N) is 1. The molecule has 1 atom stereocenters. The summed E-state index contributed by atoms with van der Waals surface area (Å²) >= 11 is 11.5. The third kappa shape index (κ3) is 4.29. The lowest BCUT2D eigenvalue weighted by Crippen LogP contribution is -2.34. The fourth-order valence-electron chi connectivity index (χ4n) is 1.34. The summed E-state index contributed by atoms with van der Waals surface area (Å²) < 4.78 is 9.50. The molecule has 1 N–H and O–H groups in total. The van der Waals surface area contributed by atoms with Crippen LogP contribution in [-0.4, -0.2) is 38.0 Å². The van der Waals surface area contributed by atoms with Crippen LogP contribution in [0.4, 0.5) is 0 Å². The van der Waals surface area contributed by atoms with Gasteiger partial charge >= 0.3 is 5.97 Å². The Morgan fingerprint density at radius 2 is 2.05 bits per heavy atom. The predicted molar refractivity (Wildman–Crippen MR) is 72.0 cm³/mol. The van der Waals surface area contributed by atoms with Crippen molar-refractivity contribution in [3.63, 3.8) is 0 Å². The van der Waals surface area contributed by atoms with E-state index in [1.54, 1.807) is 6.07 Å². The highest BCUT2D eigenvalue weighted by atomic mass is 35.5. The Kier molecular flexibility index (Phi) is 5.92. The van der Waals surface area contributed by atoms with Gasteiger partial charge in [0.05, 0.1) is 19.8 Å². The summed E-state index contributed by atoms with van der Waals surface area (Å²) in [6, 6.07) is 4.62. The zero-order valence-electron chi connectivity index (χ0n) is 10.4. The number of methoxy groups -OCH3 is 2. The molecule has 0 aromatic heterocycles. The molecule has 1 aromatic rings. The number of carbonyl (C=O) groups is 2. The zero-order valence-corrected chi connectivity index (χ0v) is 11.9. The van der Waals surface area contributed by atoms with Crippen LogP contribution >= 0.6 is 23.2 Å². The summed E-state index contributed by atoms with van der Waals surface area (Å²) in [5, 5.41) is 2.03. The number of hydrogen-bond acceptors (Lipinski definition) is 4. The number of carbonyl (C=O) groups excluding carboxylic acids is 2. The SMILES string of the molecule is COC(=O)C(Cl)CNC(=O)c1ccc(Cl)cc1OC. The number of rotatable bonds is 5. The number of halogens is 2. The Bertz CT molecular complexity index is 479. The third-order valence-corrected chi connectivity index (χ3v) is 2.87. The molecule has 0 fully saturated rings. The summed E-state index contributed by atoms with van der Waals surface area (Å²) in [6.45, 7) is -0.0428. The maximum absolute atomic E-state index is 11.9. The number of esters is 1. The van der Waals surface area contributed by atoms with Gasteiger partial charge in [-0.05, 0) is 18.2 Å². The van der Waals surface area contributed by atoms with Crippen LogP contribution < -0.4 is 10.1 Å². The van der Waals surface area contributed by atoms with E-state index in [9.17, 15) is 9.59 Å². The molecule has 1 aromatic carbocycles. The van der Waals surface area contributed by atoms with Gasteiger partial charge in [-0.15, -0.1) is 11.6 Å². The Labute approximate surface area is 120 Å². The summed E-state index contributed by atoms with van der Waals surface area (Å²) in [4.78, 5) is 23.0. The van der Waals surface area contributed by atoms with Crippen LogP contribution in [0, 0.1) is 0 Å². The van der Waals surface area contributed by atoms with Gasteiger partial charge in [0.25, 0.3) is 5.91 Å². The molecule has 0 saturated heterocycles. The second-order valence-corrected chi connectivity index (χ2v) is 4.51. The fraction of sp³-hybridized carbons (Fsp3) is 0.333. The summed E-state index contributed by atoms with van der Waals surface area (Å²) in [6.07, 6.45) is 0. The molecule has 5 nitrogen and oxygen atoms in total. The molecule has 1 amide bonds. The minimum atomic E-state index is -0.938. The first kappa shape index (κ1) is 15.6. The van der Waals surface area contributed by atoms with Crippen molar-refractivity contribution in [3.05, 3.63) is 28.8 Å². The highest BCUT2D eigenvalue weighted by Gasteiger charge is 2.18. The van der Waals surface area contributed by atoms with Crippen LogP contribution in [0.3, 0.4) is 0 Å². The average molecular weight is 306 g/mol. The smallest absolute Gasteiger partial charge is 0.325 e. The van der Waals surface area contributed by atoms with Gasteiger partial charge in [0.1, 0.15) is 11.1 Å². The van der Waals surface area contributed by atoms with E-state index >= 15 is 0 Å². The Morgan fingerprint density at radius 1 is 1.37 bits per heavy atom. The lowest BCUT2D eigenvalue weighted by molar-refractivity contribution is -0.140. The molecule has 0 aliphatic carbocycles. The van der Waals surface area contributed by atoms with Crippen LogP contribution in [0.15, 0.2) is 18.2 Å². The van der Waals surface area contributed by atoms with Gasteiger partial charge in [0, 0.05) is 11.6 Å². The Balaban J connectivity index is 2.71. The maximum Gasteiger partial charge on any atom is 0.325 e. The molecule has 0 bridgehead atoms. The monoisotopic (exact) mass is 305 g/mol. The quantitative estimate of drug-likeness (QED) is 0.666. The number of hydrogen-bond donors (Lipinski definition) is 1. The fourth-order valence-corrected chi connectivity index (χ4v) is 1.67. The molecular weight excluding hydrogens is 293 g/mol. The first-order valence-electron chi connectivity index (χ1n) is 5.33. The van der Waals surface area contributed by atoms with Crippen LogP contribution in [0.5, 0.6) is 5.75 Å². The number of ether oxygens (including phenoxy) is 2. The van der Waals surface area contributed by atoms with E-state index in [0.717, 1.165) is 0 Å². The molecule has 19 heavy (non-hydrogen) atoms. The summed E-state index contributed by atoms with van der Waals surface area (Å²) in [5.74, 6) is -0.678. The van der Waals surface area contributed by atoms with Gasteiger partial charge in [0.15, 0.2) is 0 Å². The minimum Gasteiger partial charge on any atom is -0.496 e. The molecule has 0 aliphatic heterocycles. The normalized spacial score (nSPS) is 11.6. The Morgan fingerprint density at radius 3 is 2.63 bits per heavy atom. The van der Waals surface area contributed by atoms with E-state index in [4.69, 9.17) is 27.9 Å². The highest BCUT2D eigenvalue weighted by Crippen LogP contribution is 2.22. The van der Waals surface area contributed by atoms with E-state index in [1.165, 1.54) is 26.4 Å². The molecule has 1 unspecified atom stereocenters. The van der Waals surface area contributed by atoms with Crippen molar-refractivity contribution in [3.8, 4) is 5.75 Å². The molecule has 0 heterocycles. The van der Waals surface area contributed by atoms with Gasteiger partial charge < -0.3 is 14.8 Å². The topological polar surface area (TPSA) is 64.6 Å². The van der Waals surface area contributed by atoms with E-state index in [0.29, 0.717) is 16.3 Å². The zero-order chi connectivity index (χ0) is 14.4. The minimum absolute atomic E-state index is 0.0428. The van der Waals surface area contributed by atoms with Crippen molar-refractivity contribution in [1.29, 1.82) is 0 Å². The first-order valence-corrected chi connectivity index (χ1v) is 6.14. The van der Waals surface area contributed by atoms with Crippen LogP contribution in [0.2, 0.25) is 5.02 Å². The third-order valence-electron chi connectivity index (χ3n) is 2.31. The molecule has 0 radical (unpaired) electrons. The molecular formula is C12H13Cl2NO4. The van der Waals surface area contributed by atoms with Crippen molar-refractivity contribution in [2.75, 3.05) is 20.8 Å². The standard InChI is InChI=1S/C12H13Cl2NO4/c1-18-10-5-7(13)3-4-8(10)11(16)15-6-9(14)12(17)19-2/h3-5,9H,6H2,1-2H3,(H,15,16). The van der Waals surface area contributed by atoms with Gasteiger partial charge in [-0.3, -0.25) is 9.59 Å². The van der Waals surface area contributed by atoms with Gasteiger partial charge in [-0.25, -0.2) is 0 Å². The molecule has 7 heteroatoms. The molecule has 0 spiro atoms. The number of amides is 1. The maximum atomic E-state index is 11.9. The molecule has 0 aliphatic rings. The lowest BCUT2D eigenvalue weighted by atomic mass is 10.2. The van der Waals surface area contributed by atoms with E-state index in [2.05, 4.69) is 10.1 Å². The van der Waals surface area contributed by atoms with Crippen molar-refractivity contribution in [1.82, 2.24) is 5.32 Å². The van der Waals surface area contributed by atoms with E-state index in [1.807, 2.05) is 0 Å². The second-order valence-electron chi connectivity index (χ2n) is 3.55. The van der Waals surface area contributed by atoms with Crippen LogP contribution in [-0.2, 0) is 9.53 Å². The van der Waals surface area contributed by atoms with Gasteiger partial charge in [0.2, 0.25) is 0 Å². The van der Waals surface area contributed by atoms with Crippen molar-refractivity contribution < 1.29 is 19.1 Å². The largest absolute Gasteiger partial charge is 0.496 e. The number of alkyl halides is 1. The second kappa shape index (κ2) is 7.21. The van der Waals surface area contributed by atoms with Gasteiger partial charge in [-0.1, -0.05) is 11.6 Å². The first-order chi connectivity index (χ1) is 8.99. The van der Waals surface area contributed by atoms with Crippen molar-refractivity contribution in [2.45, 2.75) is 5.38 Å². The van der Waals surface area contributed by atoms with Crippen molar-refractivity contribution in [2.24, 2.45) is 0 Å². The average Bonchev–Trinajstić information content (AvgIpc) is 2.43. The molecule has 0 saturated carbocycles. The lowest BCUT2D eigenvalue weighted by Gasteiger charge is -2.11. The summed E-state index contributed by atoms with van der Waals surface area (Å²) in [7, 11) is 2.66. The number of benzene rings is 1. The van der Waals surface area contributed by atoms with Crippen LogP contribution in [0.25, 0.3) is 0 Å². The molecule has 104 valence electrons. The molecule has 1 rings (SSSR count). The Hall–Kier alpha value is -1.46. The van der Waals surface area contributed by atoms with Crippen LogP contribution in [0.1, 0.15) is 10.4 Å². The van der Waals surface area contributed by atoms with E-state index in [-0.39, 0.29) is 6.54 Å². The summed E-state index contributed by atoms with van der Waals surface area (Å²) in [5.41, 5.74) is 0.306. The predicted octanol–water partition coefficient (Wildman–Crippen LogP) is 1.86. The van der Waals surface area contributed by atoms with Crippen molar-refractivity contribution >= 4 is 35.1 Å². The van der Waals surface area contributed by atoms with Gasteiger partial charge in [-0.2, -0.15) is 0 Å². The van der Waals surface area contributed by atoms with E-state index < -0.39 is 17.3 Å². The highest BCUT2D eigenvalue weighted by molar-refractivity contribution is 6.31.